The van der Waals surface area contributed by atoms with Crippen LogP contribution >= 0.6 is 11.8 Å². The van der Waals surface area contributed by atoms with Crippen LogP contribution in [0.3, 0.4) is 0 Å². The van der Waals surface area contributed by atoms with Gasteiger partial charge in [0, 0.05) is 17.8 Å². The molecule has 0 unspecified atom stereocenters. The van der Waals surface area contributed by atoms with Crippen molar-refractivity contribution < 1.29 is 14.3 Å². The predicted octanol–water partition coefficient (Wildman–Crippen LogP) is 4.28. The number of hydrogen-bond donors (Lipinski definition) is 1. The Morgan fingerprint density at radius 2 is 1.97 bits per heavy atom. The molecule has 0 bridgehead atoms. The fourth-order valence-electron chi connectivity index (χ4n) is 2.81. The van der Waals surface area contributed by atoms with Crippen LogP contribution in [0, 0.1) is 6.92 Å². The van der Waals surface area contributed by atoms with Gasteiger partial charge >= 0.3 is 0 Å². The molecular weight excluding hydrogens is 412 g/mol. The molecule has 1 N–H and O–H groups in total. The molecule has 3 aromatic rings. The zero-order valence-corrected chi connectivity index (χ0v) is 18.3. The van der Waals surface area contributed by atoms with Crippen molar-refractivity contribution in [3.05, 3.63) is 78.1 Å². The van der Waals surface area contributed by atoms with Gasteiger partial charge in [-0.15, -0.1) is 16.8 Å². The third kappa shape index (κ3) is 6.29. The van der Waals surface area contributed by atoms with Gasteiger partial charge in [0.15, 0.2) is 16.8 Å². The minimum atomic E-state index is -0.175. The number of ketones is 1. The van der Waals surface area contributed by atoms with Gasteiger partial charge in [-0.05, 0) is 55.8 Å². The van der Waals surface area contributed by atoms with Crippen LogP contribution < -0.4 is 10.1 Å². The number of carbonyl (C=O) groups is 2. The lowest BCUT2D eigenvalue weighted by molar-refractivity contribution is -0.113. The van der Waals surface area contributed by atoms with Crippen molar-refractivity contribution >= 4 is 29.1 Å². The first-order chi connectivity index (χ1) is 15.0. The number of nitrogens with zero attached hydrogens (tertiary/aromatic N) is 3. The first-order valence-electron chi connectivity index (χ1n) is 9.72. The average Bonchev–Trinajstić information content (AvgIpc) is 3.13. The molecule has 0 saturated heterocycles. The van der Waals surface area contributed by atoms with Gasteiger partial charge in [0.25, 0.3) is 0 Å². The van der Waals surface area contributed by atoms with Gasteiger partial charge in [-0.25, -0.2) is 0 Å². The molecule has 0 spiro atoms. The van der Waals surface area contributed by atoms with Gasteiger partial charge in [-0.1, -0.05) is 30.0 Å². The van der Waals surface area contributed by atoms with E-state index in [4.69, 9.17) is 4.74 Å². The van der Waals surface area contributed by atoms with Crippen LogP contribution in [0.4, 0.5) is 5.69 Å². The summed E-state index contributed by atoms with van der Waals surface area (Å²) < 4.78 is 7.71. The van der Waals surface area contributed by atoms with E-state index < -0.39 is 0 Å². The van der Waals surface area contributed by atoms with E-state index in [1.807, 2.05) is 35.8 Å². The number of anilines is 1. The second-order valence-corrected chi connectivity index (χ2v) is 7.82. The highest BCUT2D eigenvalue weighted by atomic mass is 32.2. The van der Waals surface area contributed by atoms with Crippen molar-refractivity contribution in [1.29, 1.82) is 0 Å². The number of aryl methyl sites for hydroxylation is 1. The average molecular weight is 437 g/mol. The monoisotopic (exact) mass is 436 g/mol. The summed E-state index contributed by atoms with van der Waals surface area (Å²) in [4.78, 5) is 23.7. The fourth-order valence-corrected chi connectivity index (χ4v) is 3.58. The van der Waals surface area contributed by atoms with Gasteiger partial charge in [-0.2, -0.15) is 0 Å². The summed E-state index contributed by atoms with van der Waals surface area (Å²) in [6.07, 6.45) is 1.75. The molecule has 0 atom stereocenters. The lowest BCUT2D eigenvalue weighted by Crippen LogP contribution is -2.15. The molecule has 1 heterocycles. The standard InChI is InChI=1S/C23H24N4O3S/c1-4-12-27-21(14-30-20-7-5-6-16(2)13-20)25-26-23(27)31-15-22(29)24-19-10-8-18(9-11-19)17(3)28/h4-11,13H,1,12,14-15H2,2-3H3,(H,24,29). The molecule has 7 nitrogen and oxygen atoms in total. The number of rotatable bonds is 10. The first kappa shape index (κ1) is 22.3. The third-order valence-corrected chi connectivity index (χ3v) is 5.34. The summed E-state index contributed by atoms with van der Waals surface area (Å²) in [5, 5.41) is 11.9. The number of hydrogen-bond acceptors (Lipinski definition) is 6. The molecule has 160 valence electrons. The summed E-state index contributed by atoms with van der Waals surface area (Å²) in [5.41, 5.74) is 2.35. The molecule has 0 aliphatic heterocycles. The highest BCUT2D eigenvalue weighted by Gasteiger charge is 2.14. The van der Waals surface area contributed by atoms with Crippen LogP contribution in [0.5, 0.6) is 5.75 Å². The molecule has 0 fully saturated rings. The molecular formula is C23H24N4O3S. The van der Waals surface area contributed by atoms with Crippen LogP contribution in [0.1, 0.15) is 28.7 Å². The summed E-state index contributed by atoms with van der Waals surface area (Å²) in [7, 11) is 0. The molecule has 2 aromatic carbocycles. The zero-order chi connectivity index (χ0) is 22.2. The fraction of sp³-hybridized carbons (Fsp3) is 0.217. The number of amides is 1. The summed E-state index contributed by atoms with van der Waals surface area (Å²) >= 11 is 1.29. The minimum absolute atomic E-state index is 0.0165. The number of aromatic nitrogens is 3. The Bertz CT molecular complexity index is 1080. The van der Waals surface area contributed by atoms with E-state index in [1.54, 1.807) is 30.3 Å². The zero-order valence-electron chi connectivity index (χ0n) is 17.5. The second kappa shape index (κ2) is 10.6. The van der Waals surface area contributed by atoms with Crippen LogP contribution in [-0.2, 0) is 17.9 Å². The normalized spacial score (nSPS) is 10.5. The van der Waals surface area contributed by atoms with Gasteiger partial charge < -0.3 is 10.1 Å². The Morgan fingerprint density at radius 1 is 1.19 bits per heavy atom. The molecule has 0 aliphatic carbocycles. The van der Waals surface area contributed by atoms with Crippen molar-refractivity contribution in [2.45, 2.75) is 32.2 Å². The topological polar surface area (TPSA) is 86.1 Å². The summed E-state index contributed by atoms with van der Waals surface area (Å²) in [6, 6.07) is 14.6. The number of allylic oxidation sites excluding steroid dienone is 1. The smallest absolute Gasteiger partial charge is 0.234 e. The van der Waals surface area contributed by atoms with E-state index in [1.165, 1.54) is 18.7 Å². The molecule has 1 aromatic heterocycles. The Hall–Kier alpha value is -3.39. The molecule has 8 heteroatoms. The number of Topliss-reactive ketones (excluding diaryl/α,β-unsaturated/α-hetero) is 1. The third-order valence-electron chi connectivity index (χ3n) is 4.37. The van der Waals surface area contributed by atoms with Crippen molar-refractivity contribution in [2.24, 2.45) is 0 Å². The summed E-state index contributed by atoms with van der Waals surface area (Å²) in [6.45, 7) is 8.07. The molecule has 1 amide bonds. The first-order valence-corrected chi connectivity index (χ1v) is 10.7. The highest BCUT2D eigenvalue weighted by molar-refractivity contribution is 7.99. The SMILES string of the molecule is C=CCn1c(COc2cccc(C)c2)nnc1SCC(=O)Nc1ccc(C(C)=O)cc1. The van der Waals surface area contributed by atoms with Crippen LogP contribution in [0.2, 0.25) is 0 Å². The number of carbonyl (C=O) groups excluding carboxylic acids is 2. The number of nitrogens with one attached hydrogen (secondary N) is 1. The van der Waals surface area contributed by atoms with Crippen LogP contribution in [0.15, 0.2) is 66.3 Å². The van der Waals surface area contributed by atoms with E-state index in [9.17, 15) is 9.59 Å². The predicted molar refractivity (Wildman–Crippen MR) is 122 cm³/mol. The number of benzene rings is 2. The van der Waals surface area contributed by atoms with Gasteiger partial charge in [-0.3, -0.25) is 14.2 Å². The Balaban J connectivity index is 1.59. The van der Waals surface area contributed by atoms with Gasteiger partial charge in [0.1, 0.15) is 12.4 Å². The van der Waals surface area contributed by atoms with Crippen molar-refractivity contribution in [1.82, 2.24) is 14.8 Å². The minimum Gasteiger partial charge on any atom is -0.486 e. The van der Waals surface area contributed by atoms with Gasteiger partial charge in [0.2, 0.25) is 5.91 Å². The maximum Gasteiger partial charge on any atom is 0.234 e. The molecule has 0 aliphatic rings. The van der Waals surface area contributed by atoms with E-state index >= 15 is 0 Å². The molecule has 3 rings (SSSR count). The van der Waals surface area contributed by atoms with Crippen molar-refractivity contribution in [3.8, 4) is 5.75 Å². The van der Waals surface area contributed by atoms with E-state index in [0.29, 0.717) is 28.8 Å². The molecule has 0 radical (unpaired) electrons. The summed E-state index contributed by atoms with van der Waals surface area (Å²) in [5.74, 6) is 1.40. The van der Waals surface area contributed by atoms with E-state index in [-0.39, 0.29) is 24.1 Å². The van der Waals surface area contributed by atoms with Crippen molar-refractivity contribution in [3.63, 3.8) is 0 Å². The Labute approximate surface area is 185 Å². The maximum atomic E-state index is 12.3. The highest BCUT2D eigenvalue weighted by Crippen LogP contribution is 2.20. The second-order valence-electron chi connectivity index (χ2n) is 6.87. The van der Waals surface area contributed by atoms with Crippen LogP contribution in [-0.4, -0.2) is 32.2 Å². The lowest BCUT2D eigenvalue weighted by atomic mass is 10.1. The van der Waals surface area contributed by atoms with E-state index in [0.717, 1.165) is 11.3 Å². The lowest BCUT2D eigenvalue weighted by Gasteiger charge is -2.10. The Morgan fingerprint density at radius 3 is 2.65 bits per heavy atom. The largest absolute Gasteiger partial charge is 0.486 e. The molecule has 0 saturated carbocycles. The number of ether oxygens (including phenoxy) is 1. The number of thioether (sulfide) groups is 1. The van der Waals surface area contributed by atoms with E-state index in [2.05, 4.69) is 22.1 Å². The van der Waals surface area contributed by atoms with Crippen molar-refractivity contribution in [2.75, 3.05) is 11.1 Å². The van der Waals surface area contributed by atoms with Crippen LogP contribution in [0.25, 0.3) is 0 Å². The maximum absolute atomic E-state index is 12.3. The quantitative estimate of drug-likeness (QED) is 0.290. The van der Waals surface area contributed by atoms with Gasteiger partial charge in [0.05, 0.1) is 5.75 Å². The molecule has 31 heavy (non-hydrogen) atoms. The Kier molecular flexibility index (Phi) is 7.61.